The molecule has 0 aliphatic rings. The fraction of sp³-hybridized carbons (Fsp3) is 0.263. The van der Waals surface area contributed by atoms with Crippen molar-refractivity contribution in [1.29, 1.82) is 0 Å². The third kappa shape index (κ3) is 8.65. The third-order valence-corrected chi connectivity index (χ3v) is 5.17. The van der Waals surface area contributed by atoms with E-state index in [0.29, 0.717) is 12.3 Å². The van der Waals surface area contributed by atoms with E-state index >= 15 is 0 Å². The minimum Gasteiger partial charge on any atom is -0.355 e. The smallest absolute Gasteiger partial charge is 0.234 e. The average molecular weight is 375 g/mol. The summed E-state index contributed by atoms with van der Waals surface area (Å²) in [6.07, 6.45) is 0. The molecule has 0 saturated carbocycles. The quantitative estimate of drug-likeness (QED) is 0.626. The van der Waals surface area contributed by atoms with Gasteiger partial charge in [-0.2, -0.15) is 11.8 Å². The largest absolute Gasteiger partial charge is 0.355 e. The van der Waals surface area contributed by atoms with Gasteiger partial charge in [0.05, 0.1) is 11.5 Å². The summed E-state index contributed by atoms with van der Waals surface area (Å²) in [7, 11) is 0. The summed E-state index contributed by atoms with van der Waals surface area (Å²) >= 11 is 3.11. The molecule has 2 aromatic carbocycles. The standard InChI is InChI=1S/C19H22N2O2S2/c22-18(20-11-12-24-13-16-7-3-1-4-8-16)14-25-15-19(23)21-17-9-5-2-6-10-17/h1-10H,11-15H2,(H,20,22)(H,21,23). The number of anilines is 1. The van der Waals surface area contributed by atoms with Gasteiger partial charge >= 0.3 is 0 Å². The molecule has 0 unspecified atom stereocenters. The fourth-order valence-electron chi connectivity index (χ4n) is 2.03. The lowest BCUT2D eigenvalue weighted by Gasteiger charge is -2.06. The lowest BCUT2D eigenvalue weighted by molar-refractivity contribution is -0.118. The number of rotatable bonds is 10. The first-order valence-electron chi connectivity index (χ1n) is 8.05. The Morgan fingerprint density at radius 3 is 2.16 bits per heavy atom. The second-order valence-electron chi connectivity index (χ2n) is 5.30. The molecule has 2 amide bonds. The van der Waals surface area contributed by atoms with Gasteiger partial charge in [0.2, 0.25) is 11.8 Å². The van der Waals surface area contributed by atoms with Crippen molar-refractivity contribution in [3.05, 3.63) is 66.2 Å². The van der Waals surface area contributed by atoms with Crippen LogP contribution in [0.25, 0.3) is 0 Å². The number of thioether (sulfide) groups is 2. The molecule has 0 aromatic heterocycles. The van der Waals surface area contributed by atoms with Crippen molar-refractivity contribution < 1.29 is 9.59 Å². The Balaban J connectivity index is 1.49. The van der Waals surface area contributed by atoms with Gasteiger partial charge in [0, 0.05) is 23.7 Å². The van der Waals surface area contributed by atoms with E-state index in [0.717, 1.165) is 17.2 Å². The van der Waals surface area contributed by atoms with Gasteiger partial charge < -0.3 is 10.6 Å². The molecule has 0 spiro atoms. The Hall–Kier alpha value is -1.92. The van der Waals surface area contributed by atoms with Crippen molar-refractivity contribution in [2.45, 2.75) is 5.75 Å². The van der Waals surface area contributed by atoms with Gasteiger partial charge in [0.15, 0.2) is 0 Å². The highest BCUT2D eigenvalue weighted by molar-refractivity contribution is 8.00. The van der Waals surface area contributed by atoms with Crippen molar-refractivity contribution in [3.8, 4) is 0 Å². The number of para-hydroxylation sites is 1. The van der Waals surface area contributed by atoms with Gasteiger partial charge in [-0.15, -0.1) is 11.8 Å². The van der Waals surface area contributed by atoms with Crippen LogP contribution in [0.4, 0.5) is 5.69 Å². The predicted molar refractivity (Wildman–Crippen MR) is 108 cm³/mol. The second kappa shape index (κ2) is 11.6. The van der Waals surface area contributed by atoms with Crippen LogP contribution in [0.1, 0.15) is 5.56 Å². The van der Waals surface area contributed by atoms with Crippen molar-refractivity contribution in [1.82, 2.24) is 5.32 Å². The number of nitrogens with one attached hydrogen (secondary N) is 2. The number of hydrogen-bond donors (Lipinski definition) is 2. The van der Waals surface area contributed by atoms with Gasteiger partial charge in [0.25, 0.3) is 0 Å². The zero-order chi connectivity index (χ0) is 17.7. The van der Waals surface area contributed by atoms with Gasteiger partial charge in [-0.3, -0.25) is 9.59 Å². The molecule has 0 aliphatic carbocycles. The maximum absolute atomic E-state index is 11.8. The van der Waals surface area contributed by atoms with Crippen molar-refractivity contribution in [2.24, 2.45) is 0 Å². The zero-order valence-corrected chi connectivity index (χ0v) is 15.6. The summed E-state index contributed by atoms with van der Waals surface area (Å²) in [5, 5.41) is 5.68. The van der Waals surface area contributed by atoms with Crippen LogP contribution in [-0.4, -0.2) is 35.6 Å². The number of hydrogen-bond acceptors (Lipinski definition) is 4. The second-order valence-corrected chi connectivity index (χ2v) is 7.39. The van der Waals surface area contributed by atoms with Gasteiger partial charge in [-0.1, -0.05) is 48.5 Å². The molecule has 0 saturated heterocycles. The molecule has 0 bridgehead atoms. The highest BCUT2D eigenvalue weighted by Gasteiger charge is 2.05. The molecule has 0 fully saturated rings. The Bertz CT molecular complexity index is 651. The lowest BCUT2D eigenvalue weighted by Crippen LogP contribution is -2.28. The number of carbonyl (C=O) groups excluding carboxylic acids is 2. The maximum atomic E-state index is 11.8. The topological polar surface area (TPSA) is 58.2 Å². The fourth-order valence-corrected chi connectivity index (χ4v) is 3.50. The lowest BCUT2D eigenvalue weighted by atomic mass is 10.2. The van der Waals surface area contributed by atoms with Crippen LogP contribution in [0, 0.1) is 0 Å². The number of benzene rings is 2. The first-order valence-corrected chi connectivity index (χ1v) is 10.4. The molecule has 25 heavy (non-hydrogen) atoms. The Kier molecular flexibility index (Phi) is 9.01. The van der Waals surface area contributed by atoms with Gasteiger partial charge in [-0.25, -0.2) is 0 Å². The van der Waals surface area contributed by atoms with Crippen LogP contribution in [0.5, 0.6) is 0 Å². The van der Waals surface area contributed by atoms with Crippen LogP contribution in [0.15, 0.2) is 60.7 Å². The Morgan fingerprint density at radius 1 is 0.800 bits per heavy atom. The van der Waals surface area contributed by atoms with Crippen molar-refractivity contribution >= 4 is 41.0 Å². The predicted octanol–water partition coefficient (Wildman–Crippen LogP) is 3.41. The molecule has 2 rings (SSSR count). The van der Waals surface area contributed by atoms with Crippen LogP contribution < -0.4 is 10.6 Å². The molecule has 132 valence electrons. The highest BCUT2D eigenvalue weighted by atomic mass is 32.2. The normalized spacial score (nSPS) is 10.2. The van der Waals surface area contributed by atoms with E-state index < -0.39 is 0 Å². The van der Waals surface area contributed by atoms with Crippen molar-refractivity contribution in [3.63, 3.8) is 0 Å². The van der Waals surface area contributed by atoms with Crippen LogP contribution in [0.2, 0.25) is 0 Å². The van der Waals surface area contributed by atoms with E-state index in [1.54, 1.807) is 11.8 Å². The molecule has 0 atom stereocenters. The van der Waals surface area contributed by atoms with Crippen molar-refractivity contribution in [2.75, 3.05) is 29.1 Å². The average Bonchev–Trinajstić information content (AvgIpc) is 2.63. The molecular weight excluding hydrogens is 352 g/mol. The molecule has 6 heteroatoms. The Morgan fingerprint density at radius 2 is 1.44 bits per heavy atom. The summed E-state index contributed by atoms with van der Waals surface area (Å²) in [6.45, 7) is 0.646. The molecule has 4 nitrogen and oxygen atoms in total. The monoisotopic (exact) mass is 374 g/mol. The number of amides is 2. The summed E-state index contributed by atoms with van der Waals surface area (Å²) < 4.78 is 0. The maximum Gasteiger partial charge on any atom is 0.234 e. The van der Waals surface area contributed by atoms with Gasteiger partial charge in [-0.05, 0) is 17.7 Å². The summed E-state index contributed by atoms with van der Waals surface area (Å²) in [5.74, 6) is 2.27. The third-order valence-electron chi connectivity index (χ3n) is 3.20. The molecule has 0 heterocycles. The Labute approximate surface area is 157 Å². The van der Waals surface area contributed by atoms with E-state index in [4.69, 9.17) is 0 Å². The van der Waals surface area contributed by atoms with E-state index in [2.05, 4.69) is 22.8 Å². The van der Waals surface area contributed by atoms with Crippen LogP contribution >= 0.6 is 23.5 Å². The minimum absolute atomic E-state index is 0.0298. The molecule has 0 aliphatic heterocycles. The summed E-state index contributed by atoms with van der Waals surface area (Å²) in [5.41, 5.74) is 2.06. The number of carbonyl (C=O) groups is 2. The van der Waals surface area contributed by atoms with Crippen LogP contribution in [-0.2, 0) is 15.3 Å². The highest BCUT2D eigenvalue weighted by Crippen LogP contribution is 2.11. The molecule has 2 aromatic rings. The van der Waals surface area contributed by atoms with E-state index in [9.17, 15) is 9.59 Å². The van der Waals surface area contributed by atoms with E-state index in [1.807, 2.05) is 48.5 Å². The zero-order valence-electron chi connectivity index (χ0n) is 13.9. The van der Waals surface area contributed by atoms with Gasteiger partial charge in [0.1, 0.15) is 0 Å². The van der Waals surface area contributed by atoms with Crippen LogP contribution in [0.3, 0.4) is 0 Å². The minimum atomic E-state index is -0.0950. The molecule has 2 N–H and O–H groups in total. The SMILES string of the molecule is O=C(CSCC(=O)Nc1ccccc1)NCCSCc1ccccc1. The van der Waals surface area contributed by atoms with E-state index in [1.165, 1.54) is 17.3 Å². The van der Waals surface area contributed by atoms with E-state index in [-0.39, 0.29) is 17.6 Å². The first kappa shape index (κ1) is 19.4. The summed E-state index contributed by atoms with van der Waals surface area (Å²) in [6, 6.07) is 19.6. The molecule has 0 radical (unpaired) electrons. The molecular formula is C19H22N2O2S2. The summed E-state index contributed by atoms with van der Waals surface area (Å²) in [4.78, 5) is 23.5. The first-order chi connectivity index (χ1) is 12.2.